The highest BCUT2D eigenvalue weighted by Gasteiger charge is 2.45. The molecular weight excluding hydrogens is 294 g/mol. The highest BCUT2D eigenvalue weighted by atomic mass is 16.5. The van der Waals surface area contributed by atoms with Crippen molar-refractivity contribution in [1.29, 1.82) is 0 Å². The maximum absolute atomic E-state index is 11.6. The molecule has 1 aromatic heterocycles. The predicted molar refractivity (Wildman–Crippen MR) is 85.5 cm³/mol. The summed E-state index contributed by atoms with van der Waals surface area (Å²) in [6.07, 6.45) is 4.97. The summed E-state index contributed by atoms with van der Waals surface area (Å²) in [4.78, 5) is 20.1. The largest absolute Gasteiger partial charge is 0.497 e. The number of rotatable bonds is 6. The number of carbonyl (C=O) groups is 1. The summed E-state index contributed by atoms with van der Waals surface area (Å²) in [5.74, 6) is 0.917. The zero-order valence-electron chi connectivity index (χ0n) is 13.2. The molecule has 1 N–H and O–H groups in total. The Morgan fingerprint density at radius 3 is 2.65 bits per heavy atom. The van der Waals surface area contributed by atoms with Crippen molar-refractivity contribution in [2.75, 3.05) is 19.0 Å². The molecule has 1 fully saturated rings. The van der Waals surface area contributed by atoms with E-state index in [2.05, 4.69) is 21.4 Å². The first-order chi connectivity index (χ1) is 11.2. The SMILES string of the molecule is CCOC(=O)c1cnc(NC2(c3cccc(OC)c3)CC2)nc1. The average Bonchev–Trinajstić information content (AvgIpc) is 3.36. The van der Waals surface area contributed by atoms with Crippen LogP contribution in [0.25, 0.3) is 0 Å². The summed E-state index contributed by atoms with van der Waals surface area (Å²) in [6, 6.07) is 7.98. The molecule has 6 nitrogen and oxygen atoms in total. The lowest BCUT2D eigenvalue weighted by atomic mass is 10.0. The second-order valence-electron chi connectivity index (χ2n) is 5.45. The maximum atomic E-state index is 11.6. The van der Waals surface area contributed by atoms with Crippen LogP contribution in [0.5, 0.6) is 5.75 Å². The number of aromatic nitrogens is 2. The van der Waals surface area contributed by atoms with Gasteiger partial charge < -0.3 is 14.8 Å². The minimum atomic E-state index is -0.409. The lowest BCUT2D eigenvalue weighted by Gasteiger charge is -2.18. The van der Waals surface area contributed by atoms with Crippen molar-refractivity contribution in [1.82, 2.24) is 9.97 Å². The Kier molecular flexibility index (Phi) is 4.14. The van der Waals surface area contributed by atoms with Gasteiger partial charge in [0.05, 0.1) is 24.8 Å². The highest BCUT2D eigenvalue weighted by molar-refractivity contribution is 5.88. The Morgan fingerprint density at radius 2 is 2.04 bits per heavy atom. The first kappa shape index (κ1) is 15.3. The van der Waals surface area contributed by atoms with Crippen LogP contribution in [0.4, 0.5) is 5.95 Å². The maximum Gasteiger partial charge on any atom is 0.341 e. The van der Waals surface area contributed by atoms with Gasteiger partial charge in [0.15, 0.2) is 0 Å². The zero-order chi connectivity index (χ0) is 16.3. The number of carbonyl (C=O) groups excluding carboxylic acids is 1. The fourth-order valence-corrected chi connectivity index (χ4v) is 2.46. The molecule has 120 valence electrons. The summed E-state index contributed by atoms with van der Waals surface area (Å²) >= 11 is 0. The molecule has 0 atom stereocenters. The Balaban J connectivity index is 1.75. The van der Waals surface area contributed by atoms with Crippen LogP contribution in [0.1, 0.15) is 35.7 Å². The van der Waals surface area contributed by atoms with E-state index in [0.29, 0.717) is 18.1 Å². The van der Waals surface area contributed by atoms with Crippen molar-refractivity contribution in [3.63, 3.8) is 0 Å². The van der Waals surface area contributed by atoms with E-state index in [-0.39, 0.29) is 5.54 Å². The first-order valence-corrected chi connectivity index (χ1v) is 7.59. The Morgan fingerprint density at radius 1 is 1.30 bits per heavy atom. The fourth-order valence-electron chi connectivity index (χ4n) is 2.46. The number of nitrogens with one attached hydrogen (secondary N) is 1. The van der Waals surface area contributed by atoms with Gasteiger partial charge in [0.25, 0.3) is 0 Å². The van der Waals surface area contributed by atoms with E-state index in [4.69, 9.17) is 9.47 Å². The standard InChI is InChI=1S/C17H19N3O3/c1-3-23-15(21)12-10-18-16(19-11-12)20-17(7-8-17)13-5-4-6-14(9-13)22-2/h4-6,9-11H,3,7-8H2,1-2H3,(H,18,19,20). The number of ether oxygens (including phenoxy) is 2. The number of hydrogen-bond donors (Lipinski definition) is 1. The van der Waals surface area contributed by atoms with Gasteiger partial charge in [-0.25, -0.2) is 14.8 Å². The summed E-state index contributed by atoms with van der Waals surface area (Å²) in [5, 5.41) is 3.37. The van der Waals surface area contributed by atoms with E-state index < -0.39 is 5.97 Å². The smallest absolute Gasteiger partial charge is 0.341 e. The van der Waals surface area contributed by atoms with Crippen molar-refractivity contribution >= 4 is 11.9 Å². The Bertz CT molecular complexity index is 696. The van der Waals surface area contributed by atoms with E-state index in [0.717, 1.165) is 24.2 Å². The van der Waals surface area contributed by atoms with Crippen LogP contribution >= 0.6 is 0 Å². The molecule has 0 bridgehead atoms. The second-order valence-corrected chi connectivity index (χ2v) is 5.45. The molecule has 6 heteroatoms. The molecule has 0 unspecified atom stereocenters. The van der Waals surface area contributed by atoms with E-state index in [1.54, 1.807) is 14.0 Å². The fraction of sp³-hybridized carbons (Fsp3) is 0.353. The van der Waals surface area contributed by atoms with Crippen molar-refractivity contribution in [3.8, 4) is 5.75 Å². The molecule has 1 heterocycles. The molecule has 0 spiro atoms. The molecule has 0 saturated heterocycles. The average molecular weight is 313 g/mol. The van der Waals surface area contributed by atoms with Crippen LogP contribution in [0.3, 0.4) is 0 Å². The predicted octanol–water partition coefficient (Wildman–Crippen LogP) is 2.76. The van der Waals surface area contributed by atoms with Crippen LogP contribution in [-0.2, 0) is 10.3 Å². The zero-order valence-corrected chi connectivity index (χ0v) is 13.2. The van der Waals surface area contributed by atoms with E-state index in [1.165, 1.54) is 12.4 Å². The molecule has 1 aromatic carbocycles. The summed E-state index contributed by atoms with van der Waals surface area (Å²) in [6.45, 7) is 2.09. The third kappa shape index (κ3) is 3.26. The van der Waals surface area contributed by atoms with Gasteiger partial charge in [-0.2, -0.15) is 0 Å². The van der Waals surface area contributed by atoms with Crippen LogP contribution < -0.4 is 10.1 Å². The summed E-state index contributed by atoms with van der Waals surface area (Å²) < 4.78 is 10.2. The molecule has 1 aliphatic rings. The van der Waals surface area contributed by atoms with Crippen LogP contribution in [0.15, 0.2) is 36.7 Å². The minimum Gasteiger partial charge on any atom is -0.497 e. The van der Waals surface area contributed by atoms with E-state index in [9.17, 15) is 4.79 Å². The number of nitrogens with zero attached hydrogens (tertiary/aromatic N) is 2. The second kappa shape index (κ2) is 6.24. The number of hydrogen-bond acceptors (Lipinski definition) is 6. The number of benzene rings is 1. The van der Waals surface area contributed by atoms with Gasteiger partial charge in [0.1, 0.15) is 5.75 Å². The number of methoxy groups -OCH3 is 1. The molecule has 23 heavy (non-hydrogen) atoms. The molecule has 2 aromatic rings. The van der Waals surface area contributed by atoms with Crippen molar-refractivity contribution in [2.24, 2.45) is 0 Å². The van der Waals surface area contributed by atoms with Crippen LogP contribution in [0.2, 0.25) is 0 Å². The monoisotopic (exact) mass is 313 g/mol. The van der Waals surface area contributed by atoms with Gasteiger partial charge in [-0.1, -0.05) is 12.1 Å². The molecular formula is C17H19N3O3. The van der Waals surface area contributed by atoms with Gasteiger partial charge in [-0.3, -0.25) is 0 Å². The summed E-state index contributed by atoms with van der Waals surface area (Å²) in [5.41, 5.74) is 1.35. The first-order valence-electron chi connectivity index (χ1n) is 7.59. The van der Waals surface area contributed by atoms with Gasteiger partial charge >= 0.3 is 5.97 Å². The quantitative estimate of drug-likeness (QED) is 0.827. The number of esters is 1. The highest BCUT2D eigenvalue weighted by Crippen LogP contribution is 2.48. The Labute approximate surface area is 134 Å². The van der Waals surface area contributed by atoms with E-state index in [1.807, 2.05) is 18.2 Å². The van der Waals surface area contributed by atoms with Crippen LogP contribution in [0, 0.1) is 0 Å². The Hall–Kier alpha value is -2.63. The third-order valence-corrected chi connectivity index (χ3v) is 3.89. The van der Waals surface area contributed by atoms with Gasteiger partial charge in [0, 0.05) is 12.4 Å². The molecule has 3 rings (SSSR count). The van der Waals surface area contributed by atoms with E-state index >= 15 is 0 Å². The molecule has 0 amide bonds. The minimum absolute atomic E-state index is 0.153. The normalized spacial score (nSPS) is 14.9. The van der Waals surface area contributed by atoms with Gasteiger partial charge in [-0.05, 0) is 37.5 Å². The molecule has 0 radical (unpaired) electrons. The van der Waals surface area contributed by atoms with Crippen LogP contribution in [-0.4, -0.2) is 29.7 Å². The van der Waals surface area contributed by atoms with Crippen molar-refractivity contribution < 1.29 is 14.3 Å². The third-order valence-electron chi connectivity index (χ3n) is 3.89. The molecule has 1 saturated carbocycles. The van der Waals surface area contributed by atoms with Gasteiger partial charge in [0.2, 0.25) is 5.95 Å². The number of anilines is 1. The molecule has 0 aliphatic heterocycles. The van der Waals surface area contributed by atoms with Crippen molar-refractivity contribution in [2.45, 2.75) is 25.3 Å². The molecule has 1 aliphatic carbocycles. The van der Waals surface area contributed by atoms with Crippen molar-refractivity contribution in [3.05, 3.63) is 47.8 Å². The lowest BCUT2D eigenvalue weighted by Crippen LogP contribution is -2.20. The topological polar surface area (TPSA) is 73.3 Å². The summed E-state index contributed by atoms with van der Waals surface area (Å²) in [7, 11) is 1.66. The van der Waals surface area contributed by atoms with Gasteiger partial charge in [-0.15, -0.1) is 0 Å². The lowest BCUT2D eigenvalue weighted by molar-refractivity contribution is 0.0525.